The van der Waals surface area contributed by atoms with E-state index >= 15 is 0 Å². The molecule has 2 fully saturated rings. The Morgan fingerprint density at radius 2 is 2.30 bits per heavy atom. The topological polar surface area (TPSA) is 30.5 Å². The van der Waals surface area contributed by atoms with Crippen molar-refractivity contribution in [1.82, 2.24) is 5.32 Å². The summed E-state index contributed by atoms with van der Waals surface area (Å²) in [6.45, 7) is 0.917. The normalized spacial score (nSPS) is 33.6. The van der Waals surface area contributed by atoms with Crippen LogP contribution in [0.4, 0.5) is 0 Å². The molecule has 1 aromatic carbocycles. The van der Waals surface area contributed by atoms with Crippen molar-refractivity contribution >= 4 is 11.8 Å². The maximum atomic E-state index is 6.17. The number of rotatable bonds is 3. The molecule has 4 heteroatoms. The molecule has 3 atom stereocenters. The van der Waals surface area contributed by atoms with E-state index in [0.29, 0.717) is 12.1 Å². The first-order valence-corrected chi connectivity index (χ1v) is 10.1. The summed E-state index contributed by atoms with van der Waals surface area (Å²) in [5, 5.41) is 3.97. The van der Waals surface area contributed by atoms with E-state index in [9.17, 15) is 0 Å². The summed E-state index contributed by atoms with van der Waals surface area (Å²) in [7, 11) is 1.75. The number of nitrogens with one attached hydrogen (secondary N) is 1. The summed E-state index contributed by atoms with van der Waals surface area (Å²) in [6, 6.07) is 7.70. The van der Waals surface area contributed by atoms with Gasteiger partial charge in [-0.2, -0.15) is 11.8 Å². The van der Waals surface area contributed by atoms with Gasteiger partial charge in [0.05, 0.1) is 12.7 Å². The molecule has 3 nitrogen and oxygen atoms in total. The fourth-order valence-electron chi connectivity index (χ4n) is 4.41. The van der Waals surface area contributed by atoms with E-state index in [0.717, 1.165) is 18.8 Å². The van der Waals surface area contributed by atoms with Crippen LogP contribution in [-0.2, 0) is 11.2 Å². The third-order valence-corrected chi connectivity index (χ3v) is 6.88. The quantitative estimate of drug-likeness (QED) is 0.913. The van der Waals surface area contributed by atoms with Crippen molar-refractivity contribution in [3.63, 3.8) is 0 Å². The lowest BCUT2D eigenvalue weighted by molar-refractivity contribution is -0.0716. The molecule has 0 aromatic heterocycles. The standard InChI is InChI=1S/C19H27NO2S/c1-21-16-5-6-17-14(11-16)3-2-4-18(17)20-15-7-9-22-19(12-15)8-10-23-13-19/h5-6,11,15,18,20H,2-4,7-10,12-13H2,1H3/t15-,18+,19+/m1/s1. The Balaban J connectivity index is 1.47. The second kappa shape index (κ2) is 6.66. The number of ether oxygens (including phenoxy) is 2. The first-order chi connectivity index (χ1) is 11.3. The second-order valence-electron chi connectivity index (χ2n) is 7.20. The summed E-state index contributed by atoms with van der Waals surface area (Å²) < 4.78 is 11.6. The van der Waals surface area contributed by atoms with Crippen LogP contribution in [0.2, 0.25) is 0 Å². The first kappa shape index (κ1) is 15.8. The Hall–Kier alpha value is -0.710. The van der Waals surface area contributed by atoms with Gasteiger partial charge in [0.25, 0.3) is 0 Å². The molecule has 3 aliphatic rings. The maximum Gasteiger partial charge on any atom is 0.119 e. The number of benzene rings is 1. The van der Waals surface area contributed by atoms with Crippen LogP contribution in [0.25, 0.3) is 0 Å². The zero-order chi connectivity index (χ0) is 15.7. The highest BCUT2D eigenvalue weighted by atomic mass is 32.2. The maximum absolute atomic E-state index is 6.17. The highest BCUT2D eigenvalue weighted by molar-refractivity contribution is 7.99. The van der Waals surface area contributed by atoms with Crippen molar-refractivity contribution in [2.24, 2.45) is 0 Å². The van der Waals surface area contributed by atoms with Crippen LogP contribution in [0.15, 0.2) is 18.2 Å². The van der Waals surface area contributed by atoms with E-state index < -0.39 is 0 Å². The van der Waals surface area contributed by atoms with Gasteiger partial charge in [-0.25, -0.2) is 0 Å². The smallest absolute Gasteiger partial charge is 0.119 e. The van der Waals surface area contributed by atoms with Crippen LogP contribution < -0.4 is 10.1 Å². The Kier molecular flexibility index (Phi) is 4.57. The average Bonchev–Trinajstić information content (AvgIpc) is 3.02. The van der Waals surface area contributed by atoms with Gasteiger partial charge in [-0.15, -0.1) is 0 Å². The molecule has 0 radical (unpaired) electrons. The molecule has 126 valence electrons. The Bertz CT molecular complexity index is 556. The number of methoxy groups -OCH3 is 1. The lowest BCUT2D eigenvalue weighted by Crippen LogP contribution is -2.48. The molecule has 1 aromatic rings. The number of aryl methyl sites for hydroxylation is 1. The monoisotopic (exact) mass is 333 g/mol. The van der Waals surface area contributed by atoms with Gasteiger partial charge in [0.2, 0.25) is 0 Å². The molecule has 0 saturated carbocycles. The van der Waals surface area contributed by atoms with Crippen molar-refractivity contribution in [3.8, 4) is 5.75 Å². The number of fused-ring (bicyclic) bond motifs is 1. The minimum absolute atomic E-state index is 0.165. The molecule has 1 aliphatic carbocycles. The van der Waals surface area contributed by atoms with Crippen LogP contribution in [0, 0.1) is 0 Å². The van der Waals surface area contributed by atoms with Crippen LogP contribution in [-0.4, -0.2) is 36.9 Å². The minimum Gasteiger partial charge on any atom is -0.497 e. The number of hydrogen-bond acceptors (Lipinski definition) is 4. The zero-order valence-electron chi connectivity index (χ0n) is 14.0. The predicted octanol–water partition coefficient (Wildman–Crippen LogP) is 3.72. The molecule has 2 heterocycles. The Morgan fingerprint density at radius 1 is 1.35 bits per heavy atom. The Morgan fingerprint density at radius 3 is 3.13 bits per heavy atom. The zero-order valence-corrected chi connectivity index (χ0v) is 14.8. The van der Waals surface area contributed by atoms with Crippen molar-refractivity contribution in [3.05, 3.63) is 29.3 Å². The molecule has 2 saturated heterocycles. The van der Waals surface area contributed by atoms with Crippen molar-refractivity contribution in [2.75, 3.05) is 25.2 Å². The second-order valence-corrected chi connectivity index (χ2v) is 8.31. The summed E-state index contributed by atoms with van der Waals surface area (Å²) >= 11 is 2.05. The third-order valence-electron chi connectivity index (χ3n) is 5.66. The van der Waals surface area contributed by atoms with Gasteiger partial charge in [-0.1, -0.05) is 6.07 Å². The highest BCUT2D eigenvalue weighted by Gasteiger charge is 2.41. The molecule has 1 spiro atoms. The first-order valence-electron chi connectivity index (χ1n) is 8.93. The fourth-order valence-corrected chi connectivity index (χ4v) is 5.79. The van der Waals surface area contributed by atoms with Crippen LogP contribution in [0.5, 0.6) is 5.75 Å². The third kappa shape index (κ3) is 3.26. The molecular weight excluding hydrogens is 306 g/mol. The van der Waals surface area contributed by atoms with Crippen molar-refractivity contribution < 1.29 is 9.47 Å². The van der Waals surface area contributed by atoms with E-state index in [1.807, 2.05) is 0 Å². The van der Waals surface area contributed by atoms with Crippen LogP contribution in [0.3, 0.4) is 0 Å². The SMILES string of the molecule is COc1ccc2c(c1)CCC[C@@H]2N[C@@H]1CCO[C@@]2(CCSC2)C1. The summed E-state index contributed by atoms with van der Waals surface area (Å²) in [5.74, 6) is 3.43. The number of thioether (sulfide) groups is 1. The molecule has 4 rings (SSSR count). The van der Waals surface area contributed by atoms with Crippen LogP contribution in [0.1, 0.15) is 49.3 Å². The molecule has 0 bridgehead atoms. The average molecular weight is 333 g/mol. The van der Waals surface area contributed by atoms with Crippen LogP contribution >= 0.6 is 11.8 Å². The predicted molar refractivity (Wildman–Crippen MR) is 95.5 cm³/mol. The molecule has 1 N–H and O–H groups in total. The number of hydrogen-bond donors (Lipinski definition) is 1. The molecule has 2 aliphatic heterocycles. The molecule has 23 heavy (non-hydrogen) atoms. The molecule has 0 amide bonds. The van der Waals surface area contributed by atoms with E-state index in [2.05, 4.69) is 35.3 Å². The summed E-state index contributed by atoms with van der Waals surface area (Å²) in [4.78, 5) is 0. The van der Waals surface area contributed by atoms with Gasteiger partial charge in [0.15, 0.2) is 0 Å². The van der Waals surface area contributed by atoms with E-state index in [-0.39, 0.29) is 5.60 Å². The van der Waals surface area contributed by atoms with E-state index in [4.69, 9.17) is 9.47 Å². The van der Waals surface area contributed by atoms with E-state index in [1.54, 1.807) is 7.11 Å². The van der Waals surface area contributed by atoms with Gasteiger partial charge >= 0.3 is 0 Å². The Labute approximate surface area is 143 Å². The van der Waals surface area contributed by atoms with Gasteiger partial charge in [0, 0.05) is 24.4 Å². The van der Waals surface area contributed by atoms with Gasteiger partial charge in [-0.05, 0) is 67.5 Å². The largest absolute Gasteiger partial charge is 0.497 e. The van der Waals surface area contributed by atoms with Crippen molar-refractivity contribution in [1.29, 1.82) is 0 Å². The lowest BCUT2D eigenvalue weighted by Gasteiger charge is -2.40. The fraction of sp³-hybridized carbons (Fsp3) is 0.684. The van der Waals surface area contributed by atoms with E-state index in [1.165, 1.54) is 54.7 Å². The highest BCUT2D eigenvalue weighted by Crippen LogP contribution is 2.40. The summed E-state index contributed by atoms with van der Waals surface area (Å²) in [6.07, 6.45) is 7.25. The van der Waals surface area contributed by atoms with Gasteiger partial charge in [0.1, 0.15) is 5.75 Å². The van der Waals surface area contributed by atoms with Gasteiger partial charge < -0.3 is 14.8 Å². The lowest BCUT2D eigenvalue weighted by atomic mass is 9.85. The van der Waals surface area contributed by atoms with Crippen molar-refractivity contribution in [2.45, 2.75) is 56.2 Å². The molecular formula is C19H27NO2S. The summed E-state index contributed by atoms with van der Waals surface area (Å²) in [5.41, 5.74) is 3.11. The molecule has 0 unspecified atom stereocenters. The van der Waals surface area contributed by atoms with Gasteiger partial charge in [-0.3, -0.25) is 0 Å². The minimum atomic E-state index is 0.165.